The number of ether oxygens (including phenoxy) is 1. The predicted octanol–water partition coefficient (Wildman–Crippen LogP) is 4.23. The number of benzene rings is 2. The number of nitrogens with zero attached hydrogens (tertiary/aromatic N) is 1. The summed E-state index contributed by atoms with van der Waals surface area (Å²) in [6.45, 7) is 3.41. The third-order valence-electron chi connectivity index (χ3n) is 4.49. The Morgan fingerprint density at radius 1 is 1.06 bits per heavy atom. The molecule has 0 bridgehead atoms. The van der Waals surface area contributed by atoms with Gasteiger partial charge in [0, 0.05) is 30.6 Å². The highest BCUT2D eigenvalue weighted by Gasteiger charge is 2.32. The smallest absolute Gasteiger partial charge is 0.378 e. The fraction of sp³-hybridized carbons (Fsp3) is 0.333. The highest BCUT2D eigenvalue weighted by Crippen LogP contribution is 2.36. The van der Waals surface area contributed by atoms with Crippen LogP contribution in [-0.4, -0.2) is 43.9 Å². The van der Waals surface area contributed by atoms with E-state index in [9.17, 15) is 22.8 Å². The van der Waals surface area contributed by atoms with Gasteiger partial charge in [-0.25, -0.2) is 0 Å². The normalized spacial score (nSPS) is 14.3. The zero-order valence-electron chi connectivity index (χ0n) is 16.8. The summed E-state index contributed by atoms with van der Waals surface area (Å²) in [5, 5.41) is 5.28. The van der Waals surface area contributed by atoms with E-state index in [1.807, 2.05) is 4.90 Å². The number of carbonyl (C=O) groups excluding carboxylic acids is 2. The standard InChI is InChI=1S/C21H22F3N3O3S/c1-14(28)25-16-3-5-17(6-4-16)31-13-20(29)26-18-12-15(21(22,23)24)2-7-19(18)27-8-10-30-11-9-27/h2-7,12H,8-11,13H2,1H3,(H,25,28)(H,26,29). The van der Waals surface area contributed by atoms with E-state index in [-0.39, 0.29) is 17.3 Å². The summed E-state index contributed by atoms with van der Waals surface area (Å²) in [6, 6.07) is 10.3. The van der Waals surface area contributed by atoms with Crippen molar-refractivity contribution in [3.63, 3.8) is 0 Å². The molecular formula is C21H22F3N3O3S. The van der Waals surface area contributed by atoms with Crippen molar-refractivity contribution in [1.29, 1.82) is 0 Å². The van der Waals surface area contributed by atoms with Gasteiger partial charge in [0.25, 0.3) is 0 Å². The summed E-state index contributed by atoms with van der Waals surface area (Å²) in [5.41, 5.74) is 0.485. The molecular weight excluding hydrogens is 431 g/mol. The molecule has 0 spiro atoms. The topological polar surface area (TPSA) is 70.7 Å². The molecule has 10 heteroatoms. The molecule has 2 N–H and O–H groups in total. The molecule has 0 radical (unpaired) electrons. The molecule has 31 heavy (non-hydrogen) atoms. The Labute approximate surface area is 182 Å². The van der Waals surface area contributed by atoms with Gasteiger partial charge in [0.05, 0.1) is 35.9 Å². The van der Waals surface area contributed by atoms with Crippen LogP contribution < -0.4 is 15.5 Å². The summed E-state index contributed by atoms with van der Waals surface area (Å²) in [5.74, 6) is -0.570. The Morgan fingerprint density at radius 2 is 1.74 bits per heavy atom. The zero-order valence-corrected chi connectivity index (χ0v) is 17.6. The number of hydrogen-bond donors (Lipinski definition) is 2. The lowest BCUT2D eigenvalue weighted by molar-refractivity contribution is -0.137. The Kier molecular flexibility index (Phi) is 7.45. The number of morpholine rings is 1. The van der Waals surface area contributed by atoms with Crippen LogP contribution in [0.3, 0.4) is 0 Å². The number of thioether (sulfide) groups is 1. The number of rotatable bonds is 6. The minimum atomic E-state index is -4.51. The monoisotopic (exact) mass is 453 g/mol. The first-order valence-corrected chi connectivity index (χ1v) is 10.5. The molecule has 0 atom stereocenters. The Balaban J connectivity index is 1.69. The summed E-state index contributed by atoms with van der Waals surface area (Å²) in [6.07, 6.45) is -4.51. The van der Waals surface area contributed by atoms with Crippen molar-refractivity contribution >= 4 is 40.6 Å². The van der Waals surface area contributed by atoms with E-state index in [4.69, 9.17) is 4.74 Å². The van der Waals surface area contributed by atoms with Crippen LogP contribution >= 0.6 is 11.8 Å². The second-order valence-electron chi connectivity index (χ2n) is 6.87. The number of alkyl halides is 3. The Hall–Kier alpha value is -2.72. The molecule has 1 aliphatic rings. The molecule has 1 heterocycles. The van der Waals surface area contributed by atoms with Crippen LogP contribution in [0.1, 0.15) is 12.5 Å². The van der Waals surface area contributed by atoms with Crippen LogP contribution in [0.15, 0.2) is 47.4 Å². The largest absolute Gasteiger partial charge is 0.416 e. The molecule has 2 amide bonds. The molecule has 1 saturated heterocycles. The summed E-state index contributed by atoms with van der Waals surface area (Å²) < 4.78 is 44.9. The van der Waals surface area contributed by atoms with Gasteiger partial charge in [-0.05, 0) is 42.5 Å². The van der Waals surface area contributed by atoms with Crippen LogP contribution in [0.2, 0.25) is 0 Å². The fourth-order valence-electron chi connectivity index (χ4n) is 3.07. The van der Waals surface area contributed by atoms with Crippen LogP contribution in [0, 0.1) is 0 Å². The van der Waals surface area contributed by atoms with E-state index >= 15 is 0 Å². The fourth-order valence-corrected chi connectivity index (χ4v) is 3.76. The van der Waals surface area contributed by atoms with Crippen molar-refractivity contribution in [2.24, 2.45) is 0 Å². The SMILES string of the molecule is CC(=O)Nc1ccc(SCC(=O)Nc2cc(C(F)(F)F)ccc2N2CCOCC2)cc1. The van der Waals surface area contributed by atoms with Crippen molar-refractivity contribution in [1.82, 2.24) is 0 Å². The van der Waals surface area contributed by atoms with Gasteiger partial charge in [0.2, 0.25) is 11.8 Å². The molecule has 166 valence electrons. The third-order valence-corrected chi connectivity index (χ3v) is 5.51. The van der Waals surface area contributed by atoms with E-state index in [1.165, 1.54) is 24.8 Å². The van der Waals surface area contributed by atoms with Crippen molar-refractivity contribution in [2.75, 3.05) is 47.6 Å². The number of nitrogens with one attached hydrogen (secondary N) is 2. The van der Waals surface area contributed by atoms with Crippen molar-refractivity contribution < 1.29 is 27.5 Å². The van der Waals surface area contributed by atoms with Crippen LogP contribution in [-0.2, 0) is 20.5 Å². The molecule has 1 fully saturated rings. The molecule has 3 rings (SSSR count). The minimum Gasteiger partial charge on any atom is -0.378 e. The third kappa shape index (κ3) is 6.63. The maximum absolute atomic E-state index is 13.2. The van der Waals surface area contributed by atoms with Crippen LogP contribution in [0.25, 0.3) is 0 Å². The zero-order chi connectivity index (χ0) is 22.4. The minimum absolute atomic E-state index is 0.0261. The van der Waals surface area contributed by atoms with E-state index in [0.29, 0.717) is 37.7 Å². The first-order chi connectivity index (χ1) is 14.7. The van der Waals surface area contributed by atoms with Crippen LogP contribution in [0.5, 0.6) is 0 Å². The average Bonchev–Trinajstić information content (AvgIpc) is 2.73. The highest BCUT2D eigenvalue weighted by molar-refractivity contribution is 8.00. The lowest BCUT2D eigenvalue weighted by atomic mass is 10.1. The van der Waals surface area contributed by atoms with Gasteiger partial charge in [-0.3, -0.25) is 9.59 Å². The Morgan fingerprint density at radius 3 is 2.35 bits per heavy atom. The summed E-state index contributed by atoms with van der Waals surface area (Å²) in [4.78, 5) is 26.2. The van der Waals surface area contributed by atoms with E-state index in [2.05, 4.69) is 10.6 Å². The molecule has 1 aliphatic heterocycles. The number of halogens is 3. The molecule has 0 aromatic heterocycles. The quantitative estimate of drug-likeness (QED) is 0.641. The van der Waals surface area contributed by atoms with Gasteiger partial charge < -0.3 is 20.3 Å². The van der Waals surface area contributed by atoms with E-state index in [1.54, 1.807) is 24.3 Å². The van der Waals surface area contributed by atoms with Gasteiger partial charge in [0.1, 0.15) is 0 Å². The summed E-state index contributed by atoms with van der Waals surface area (Å²) in [7, 11) is 0. The first kappa shape index (κ1) is 23.0. The van der Waals surface area contributed by atoms with Crippen molar-refractivity contribution in [3.8, 4) is 0 Å². The number of amides is 2. The summed E-state index contributed by atoms with van der Waals surface area (Å²) >= 11 is 1.25. The number of anilines is 3. The van der Waals surface area contributed by atoms with Gasteiger partial charge in [-0.1, -0.05) is 0 Å². The van der Waals surface area contributed by atoms with Gasteiger partial charge in [-0.2, -0.15) is 13.2 Å². The predicted molar refractivity (Wildman–Crippen MR) is 115 cm³/mol. The lowest BCUT2D eigenvalue weighted by Crippen LogP contribution is -2.37. The van der Waals surface area contributed by atoms with Crippen LogP contribution in [0.4, 0.5) is 30.2 Å². The number of hydrogen-bond acceptors (Lipinski definition) is 5. The molecule has 2 aromatic carbocycles. The second-order valence-corrected chi connectivity index (χ2v) is 7.92. The Bertz CT molecular complexity index is 930. The lowest BCUT2D eigenvalue weighted by Gasteiger charge is -2.31. The molecule has 2 aromatic rings. The molecule has 6 nitrogen and oxygen atoms in total. The van der Waals surface area contributed by atoms with Crippen molar-refractivity contribution in [3.05, 3.63) is 48.0 Å². The van der Waals surface area contributed by atoms with E-state index < -0.39 is 17.6 Å². The van der Waals surface area contributed by atoms with Gasteiger partial charge in [-0.15, -0.1) is 11.8 Å². The number of carbonyl (C=O) groups is 2. The molecule has 0 unspecified atom stereocenters. The molecule has 0 aliphatic carbocycles. The highest BCUT2D eigenvalue weighted by atomic mass is 32.2. The van der Waals surface area contributed by atoms with Crippen molar-refractivity contribution in [2.45, 2.75) is 18.0 Å². The maximum atomic E-state index is 13.2. The average molecular weight is 453 g/mol. The van der Waals surface area contributed by atoms with Gasteiger partial charge in [0.15, 0.2) is 0 Å². The molecule has 0 saturated carbocycles. The first-order valence-electron chi connectivity index (χ1n) is 9.56. The van der Waals surface area contributed by atoms with Gasteiger partial charge >= 0.3 is 6.18 Å². The second kappa shape index (κ2) is 10.1. The van der Waals surface area contributed by atoms with E-state index in [0.717, 1.165) is 17.0 Å². The maximum Gasteiger partial charge on any atom is 0.416 e.